The fraction of sp³-hybridized carbons (Fsp3) is 1.00. The maximum Gasteiger partial charge on any atom is 0.0551 e. The molecule has 1 saturated heterocycles. The smallest absolute Gasteiger partial charge is 0.0551 e. The van der Waals surface area contributed by atoms with Gasteiger partial charge >= 0.3 is 0 Å². The van der Waals surface area contributed by atoms with Crippen LogP contribution in [0.15, 0.2) is 0 Å². The fourth-order valence-electron chi connectivity index (χ4n) is 3.87. The van der Waals surface area contributed by atoms with Crippen molar-refractivity contribution in [1.82, 2.24) is 5.32 Å². The van der Waals surface area contributed by atoms with Gasteiger partial charge in [0, 0.05) is 12.0 Å². The van der Waals surface area contributed by atoms with E-state index in [2.05, 4.69) is 33.1 Å². The highest BCUT2D eigenvalue weighted by Gasteiger charge is 2.36. The van der Waals surface area contributed by atoms with Crippen molar-refractivity contribution in [2.45, 2.75) is 58.6 Å². The van der Waals surface area contributed by atoms with E-state index in [0.717, 1.165) is 30.3 Å². The second kappa shape index (κ2) is 5.71. The van der Waals surface area contributed by atoms with Gasteiger partial charge in [0.15, 0.2) is 0 Å². The third-order valence-corrected chi connectivity index (χ3v) is 5.22. The van der Waals surface area contributed by atoms with E-state index in [9.17, 15) is 0 Å². The summed E-state index contributed by atoms with van der Waals surface area (Å²) < 4.78 is 5.75. The summed E-state index contributed by atoms with van der Waals surface area (Å²) in [4.78, 5) is 0. The summed E-state index contributed by atoms with van der Waals surface area (Å²) in [5.41, 5.74) is 0. The molecule has 0 aromatic rings. The van der Waals surface area contributed by atoms with Gasteiger partial charge in [0.2, 0.25) is 0 Å². The lowest BCUT2D eigenvalue weighted by Gasteiger charge is -2.38. The van der Waals surface area contributed by atoms with Gasteiger partial charge in [0.1, 0.15) is 0 Å². The number of nitrogens with one attached hydrogen (secondary N) is 1. The van der Waals surface area contributed by atoms with E-state index in [-0.39, 0.29) is 0 Å². The molecule has 1 aliphatic carbocycles. The summed E-state index contributed by atoms with van der Waals surface area (Å²) in [5.74, 6) is 3.41. The summed E-state index contributed by atoms with van der Waals surface area (Å²) >= 11 is 0. The molecule has 2 heteroatoms. The van der Waals surface area contributed by atoms with Crippen molar-refractivity contribution < 1.29 is 4.74 Å². The van der Waals surface area contributed by atoms with Crippen LogP contribution in [0.5, 0.6) is 0 Å². The van der Waals surface area contributed by atoms with Gasteiger partial charge in [-0.25, -0.2) is 0 Å². The molecule has 0 spiro atoms. The zero-order valence-corrected chi connectivity index (χ0v) is 11.9. The molecule has 6 atom stereocenters. The maximum absolute atomic E-state index is 5.75. The molecule has 2 rings (SSSR count). The summed E-state index contributed by atoms with van der Waals surface area (Å²) in [6.07, 6.45) is 5.93. The van der Waals surface area contributed by atoms with E-state index in [1.165, 1.54) is 25.7 Å². The van der Waals surface area contributed by atoms with Crippen molar-refractivity contribution >= 4 is 0 Å². The molecule has 0 radical (unpaired) electrons. The standard InChI is InChI=1S/C15H29NO/c1-10-5-6-13(7-11(10)2)15(16-4)14-8-12(3)17-9-14/h10-16H,5-9H2,1-4H3. The van der Waals surface area contributed by atoms with Crippen LogP contribution in [0.1, 0.15) is 46.5 Å². The van der Waals surface area contributed by atoms with Crippen molar-refractivity contribution in [3.8, 4) is 0 Å². The largest absolute Gasteiger partial charge is 0.378 e. The minimum atomic E-state index is 0.468. The van der Waals surface area contributed by atoms with Crippen LogP contribution in [0.4, 0.5) is 0 Å². The maximum atomic E-state index is 5.75. The first kappa shape index (κ1) is 13.4. The van der Waals surface area contributed by atoms with Crippen LogP contribution in [0.2, 0.25) is 0 Å². The van der Waals surface area contributed by atoms with Crippen LogP contribution >= 0.6 is 0 Å². The SMILES string of the molecule is CNC(C1COC(C)C1)C1CCC(C)C(C)C1. The monoisotopic (exact) mass is 239 g/mol. The summed E-state index contributed by atoms with van der Waals surface area (Å²) in [7, 11) is 2.14. The molecule has 2 fully saturated rings. The van der Waals surface area contributed by atoms with Gasteiger partial charge in [0.25, 0.3) is 0 Å². The minimum absolute atomic E-state index is 0.468. The van der Waals surface area contributed by atoms with Crippen LogP contribution in [-0.4, -0.2) is 25.8 Å². The fourth-order valence-corrected chi connectivity index (χ4v) is 3.87. The van der Waals surface area contributed by atoms with E-state index in [4.69, 9.17) is 4.74 Å². The first-order valence-electron chi connectivity index (χ1n) is 7.40. The Morgan fingerprint density at radius 2 is 1.76 bits per heavy atom. The highest BCUT2D eigenvalue weighted by Crippen LogP contribution is 2.38. The van der Waals surface area contributed by atoms with Crippen LogP contribution in [0.3, 0.4) is 0 Å². The number of ether oxygens (including phenoxy) is 1. The predicted molar refractivity (Wildman–Crippen MR) is 72.0 cm³/mol. The van der Waals surface area contributed by atoms with Gasteiger partial charge in [-0.15, -0.1) is 0 Å². The third-order valence-electron chi connectivity index (χ3n) is 5.22. The summed E-state index contributed by atoms with van der Waals surface area (Å²) in [6.45, 7) is 8.01. The molecular weight excluding hydrogens is 210 g/mol. The number of rotatable bonds is 3. The van der Waals surface area contributed by atoms with Gasteiger partial charge in [-0.1, -0.05) is 20.3 Å². The Morgan fingerprint density at radius 1 is 1.00 bits per heavy atom. The van der Waals surface area contributed by atoms with Crippen LogP contribution in [-0.2, 0) is 4.74 Å². The second-order valence-corrected chi connectivity index (χ2v) is 6.48. The first-order chi connectivity index (χ1) is 8.11. The molecule has 1 saturated carbocycles. The van der Waals surface area contributed by atoms with Crippen molar-refractivity contribution in [2.75, 3.05) is 13.7 Å². The quantitative estimate of drug-likeness (QED) is 0.817. The van der Waals surface area contributed by atoms with E-state index in [1.54, 1.807) is 0 Å². The molecular formula is C15H29NO. The molecule has 17 heavy (non-hydrogen) atoms. The average Bonchev–Trinajstić information content (AvgIpc) is 2.71. The van der Waals surface area contributed by atoms with E-state index in [0.29, 0.717) is 12.1 Å². The van der Waals surface area contributed by atoms with E-state index < -0.39 is 0 Å². The molecule has 1 N–H and O–H groups in total. The van der Waals surface area contributed by atoms with Gasteiger partial charge in [0.05, 0.1) is 12.7 Å². The van der Waals surface area contributed by atoms with Gasteiger partial charge in [-0.3, -0.25) is 0 Å². The van der Waals surface area contributed by atoms with Crippen molar-refractivity contribution in [1.29, 1.82) is 0 Å². The van der Waals surface area contributed by atoms with E-state index in [1.807, 2.05) is 0 Å². The average molecular weight is 239 g/mol. The van der Waals surface area contributed by atoms with Crippen molar-refractivity contribution in [3.05, 3.63) is 0 Å². The Bertz CT molecular complexity index is 243. The third kappa shape index (κ3) is 3.03. The minimum Gasteiger partial charge on any atom is -0.378 e. The van der Waals surface area contributed by atoms with E-state index >= 15 is 0 Å². The van der Waals surface area contributed by atoms with Crippen LogP contribution < -0.4 is 5.32 Å². The zero-order valence-electron chi connectivity index (χ0n) is 11.9. The van der Waals surface area contributed by atoms with Gasteiger partial charge in [-0.05, 0) is 51.0 Å². The molecule has 0 amide bonds. The molecule has 0 aromatic heterocycles. The lowest BCUT2D eigenvalue weighted by atomic mass is 9.70. The molecule has 1 heterocycles. The van der Waals surface area contributed by atoms with Gasteiger partial charge in [-0.2, -0.15) is 0 Å². The summed E-state index contributed by atoms with van der Waals surface area (Å²) in [6, 6.07) is 0.676. The molecule has 0 aromatic carbocycles. The molecule has 0 bridgehead atoms. The van der Waals surface area contributed by atoms with Gasteiger partial charge < -0.3 is 10.1 Å². The number of hydrogen-bond acceptors (Lipinski definition) is 2. The Kier molecular flexibility index (Phi) is 4.48. The zero-order chi connectivity index (χ0) is 12.4. The molecule has 2 nitrogen and oxygen atoms in total. The summed E-state index contributed by atoms with van der Waals surface area (Å²) in [5, 5.41) is 3.59. The molecule has 100 valence electrons. The lowest BCUT2D eigenvalue weighted by molar-refractivity contribution is 0.104. The van der Waals surface area contributed by atoms with Crippen LogP contribution in [0.25, 0.3) is 0 Å². The van der Waals surface area contributed by atoms with Crippen molar-refractivity contribution in [2.24, 2.45) is 23.7 Å². The Labute approximate surface area is 107 Å². The second-order valence-electron chi connectivity index (χ2n) is 6.48. The molecule has 1 aliphatic heterocycles. The highest BCUT2D eigenvalue weighted by atomic mass is 16.5. The van der Waals surface area contributed by atoms with Crippen LogP contribution in [0, 0.1) is 23.7 Å². The Balaban J connectivity index is 1.94. The topological polar surface area (TPSA) is 21.3 Å². The highest BCUT2D eigenvalue weighted by molar-refractivity contribution is 4.89. The predicted octanol–water partition coefficient (Wildman–Crippen LogP) is 3.07. The Morgan fingerprint density at radius 3 is 2.29 bits per heavy atom. The normalized spacial score (nSPS) is 44.8. The number of hydrogen-bond donors (Lipinski definition) is 1. The molecule has 6 unspecified atom stereocenters. The lowest BCUT2D eigenvalue weighted by Crippen LogP contribution is -2.43. The Hall–Kier alpha value is -0.0800. The van der Waals surface area contributed by atoms with Crippen molar-refractivity contribution in [3.63, 3.8) is 0 Å². The molecule has 2 aliphatic rings. The first-order valence-corrected chi connectivity index (χ1v) is 7.40.